The number of sulfonamides is 1. The molecule has 4 nitrogen and oxygen atoms in total. The average Bonchev–Trinajstić information content (AvgIpc) is 3.14. The monoisotopic (exact) mass is 383 g/mol. The molecule has 1 aliphatic carbocycles. The Balaban J connectivity index is 1.68. The van der Waals surface area contributed by atoms with Crippen molar-refractivity contribution in [2.75, 3.05) is 13.7 Å². The van der Waals surface area contributed by atoms with Gasteiger partial charge in [-0.1, -0.05) is 60.2 Å². The summed E-state index contributed by atoms with van der Waals surface area (Å²) in [4.78, 5) is 0. The van der Waals surface area contributed by atoms with Gasteiger partial charge in [0.1, 0.15) is 5.75 Å². The maximum atomic E-state index is 13.3. The molecule has 1 aliphatic heterocycles. The smallest absolute Gasteiger partial charge is 0.218 e. The third-order valence-electron chi connectivity index (χ3n) is 5.66. The minimum Gasteiger partial charge on any atom is -0.496 e. The van der Waals surface area contributed by atoms with E-state index in [1.54, 1.807) is 11.4 Å². The van der Waals surface area contributed by atoms with Gasteiger partial charge in [0, 0.05) is 12.5 Å². The summed E-state index contributed by atoms with van der Waals surface area (Å²) in [6.07, 6.45) is 4.99. The van der Waals surface area contributed by atoms with Crippen LogP contribution in [0.1, 0.15) is 36.3 Å². The summed E-state index contributed by atoms with van der Waals surface area (Å²) >= 11 is 0. The van der Waals surface area contributed by atoms with Crippen molar-refractivity contribution in [3.63, 3.8) is 0 Å². The molecule has 0 saturated carbocycles. The molecule has 0 amide bonds. The Morgan fingerprint density at radius 3 is 2.59 bits per heavy atom. The quantitative estimate of drug-likeness (QED) is 0.730. The fraction of sp³-hybridized carbons (Fsp3) is 0.364. The van der Waals surface area contributed by atoms with E-state index in [1.807, 2.05) is 48.5 Å². The summed E-state index contributed by atoms with van der Waals surface area (Å²) < 4.78 is 33.8. The molecule has 0 spiro atoms. The van der Waals surface area contributed by atoms with Crippen LogP contribution in [0.25, 0.3) is 0 Å². The van der Waals surface area contributed by atoms with Gasteiger partial charge in [0.05, 0.1) is 18.9 Å². The van der Waals surface area contributed by atoms with Gasteiger partial charge in [-0.05, 0) is 36.5 Å². The van der Waals surface area contributed by atoms with Crippen molar-refractivity contribution in [2.24, 2.45) is 0 Å². The van der Waals surface area contributed by atoms with Crippen LogP contribution < -0.4 is 4.74 Å². The highest BCUT2D eigenvalue weighted by atomic mass is 32.2. The van der Waals surface area contributed by atoms with E-state index in [-0.39, 0.29) is 17.7 Å². The van der Waals surface area contributed by atoms with E-state index in [2.05, 4.69) is 12.1 Å². The van der Waals surface area contributed by atoms with Crippen LogP contribution in [-0.2, 0) is 15.8 Å². The normalized spacial score (nSPS) is 22.9. The minimum absolute atomic E-state index is 0.0518. The van der Waals surface area contributed by atoms with E-state index in [9.17, 15) is 8.42 Å². The Morgan fingerprint density at radius 2 is 1.81 bits per heavy atom. The Bertz CT molecular complexity index is 937. The standard InChI is InChI=1S/C22H25NO3S/c1-26-21-13-6-5-11-19(21)20-12-7-10-18-14-15-23(22(18)20)27(24,25)16-17-8-3-2-4-9-17/h2-6,8-11,13,20,22H,7,12,14-16H2,1H3/t20-,22+/m0/s1. The first-order chi connectivity index (χ1) is 13.1. The van der Waals surface area contributed by atoms with E-state index < -0.39 is 10.0 Å². The van der Waals surface area contributed by atoms with Gasteiger partial charge >= 0.3 is 0 Å². The van der Waals surface area contributed by atoms with Crippen molar-refractivity contribution in [1.29, 1.82) is 0 Å². The molecule has 0 bridgehead atoms. The predicted molar refractivity (Wildman–Crippen MR) is 107 cm³/mol. The van der Waals surface area contributed by atoms with Crippen LogP contribution in [0, 0.1) is 0 Å². The van der Waals surface area contributed by atoms with Crippen LogP contribution in [0.2, 0.25) is 0 Å². The number of para-hydroxylation sites is 1. The first-order valence-corrected chi connectivity index (χ1v) is 11.1. The number of hydrogen-bond acceptors (Lipinski definition) is 3. The summed E-state index contributed by atoms with van der Waals surface area (Å²) in [5, 5.41) is 0. The minimum atomic E-state index is -3.39. The third kappa shape index (κ3) is 3.54. The first-order valence-electron chi connectivity index (χ1n) is 9.45. The molecule has 0 aromatic heterocycles. The molecular weight excluding hydrogens is 358 g/mol. The second-order valence-electron chi connectivity index (χ2n) is 7.25. The first kappa shape index (κ1) is 18.3. The Labute approximate surface area is 161 Å². The molecule has 27 heavy (non-hydrogen) atoms. The molecule has 1 saturated heterocycles. The van der Waals surface area contributed by atoms with Crippen molar-refractivity contribution in [3.05, 3.63) is 77.4 Å². The molecule has 0 N–H and O–H groups in total. The van der Waals surface area contributed by atoms with Gasteiger partial charge < -0.3 is 4.74 Å². The summed E-state index contributed by atoms with van der Waals surface area (Å²) in [5.74, 6) is 1.03. The SMILES string of the molecule is COc1ccccc1[C@@H]1CCC=C2CCN(S(=O)(=O)Cc3ccccc3)[C@H]21. The topological polar surface area (TPSA) is 46.6 Å². The van der Waals surface area contributed by atoms with Crippen LogP contribution in [-0.4, -0.2) is 32.4 Å². The molecule has 5 heteroatoms. The number of ether oxygens (including phenoxy) is 1. The highest BCUT2D eigenvalue weighted by Gasteiger charge is 2.44. The molecule has 2 aromatic rings. The lowest BCUT2D eigenvalue weighted by Crippen LogP contribution is -2.41. The van der Waals surface area contributed by atoms with E-state index in [1.165, 1.54) is 5.57 Å². The fourth-order valence-electron chi connectivity index (χ4n) is 4.48. The zero-order valence-electron chi connectivity index (χ0n) is 15.5. The number of benzene rings is 2. The number of nitrogens with zero attached hydrogens (tertiary/aromatic N) is 1. The number of methoxy groups -OCH3 is 1. The van der Waals surface area contributed by atoms with Gasteiger partial charge in [0.2, 0.25) is 10.0 Å². The van der Waals surface area contributed by atoms with Gasteiger partial charge in [0.25, 0.3) is 0 Å². The largest absolute Gasteiger partial charge is 0.496 e. The van der Waals surface area contributed by atoms with Gasteiger partial charge in [0.15, 0.2) is 0 Å². The van der Waals surface area contributed by atoms with Crippen molar-refractivity contribution in [1.82, 2.24) is 4.31 Å². The maximum absolute atomic E-state index is 13.3. The zero-order chi connectivity index (χ0) is 18.9. The molecule has 142 valence electrons. The Kier molecular flexibility index (Phi) is 5.06. The lowest BCUT2D eigenvalue weighted by molar-refractivity contribution is 0.334. The molecule has 2 atom stereocenters. The van der Waals surface area contributed by atoms with E-state index in [4.69, 9.17) is 4.74 Å². The van der Waals surface area contributed by atoms with Crippen molar-refractivity contribution < 1.29 is 13.2 Å². The van der Waals surface area contributed by atoms with Gasteiger partial charge in [-0.15, -0.1) is 0 Å². The predicted octanol–water partition coefficient (Wildman–Crippen LogP) is 4.10. The lowest BCUT2D eigenvalue weighted by Gasteiger charge is -2.35. The zero-order valence-corrected chi connectivity index (χ0v) is 16.4. The lowest BCUT2D eigenvalue weighted by atomic mass is 9.80. The molecule has 2 aromatic carbocycles. The average molecular weight is 384 g/mol. The number of rotatable bonds is 5. The molecule has 0 unspecified atom stereocenters. The third-order valence-corrected chi connectivity index (χ3v) is 7.49. The highest BCUT2D eigenvalue weighted by Crippen LogP contribution is 2.45. The van der Waals surface area contributed by atoms with Crippen LogP contribution in [0.5, 0.6) is 5.75 Å². The van der Waals surface area contributed by atoms with E-state index >= 15 is 0 Å². The molecule has 4 rings (SSSR count). The van der Waals surface area contributed by atoms with Crippen LogP contribution in [0.3, 0.4) is 0 Å². The Morgan fingerprint density at radius 1 is 1.07 bits per heavy atom. The van der Waals surface area contributed by atoms with Crippen LogP contribution in [0.15, 0.2) is 66.2 Å². The Hall–Kier alpha value is -2.11. The molecule has 1 fully saturated rings. The van der Waals surface area contributed by atoms with Gasteiger partial charge in [-0.2, -0.15) is 4.31 Å². The second kappa shape index (κ2) is 7.49. The molecular formula is C22H25NO3S. The molecule has 1 heterocycles. The second-order valence-corrected chi connectivity index (χ2v) is 9.17. The van der Waals surface area contributed by atoms with Crippen molar-refractivity contribution in [2.45, 2.75) is 37.0 Å². The van der Waals surface area contributed by atoms with Crippen molar-refractivity contribution >= 4 is 10.0 Å². The summed E-state index contributed by atoms with van der Waals surface area (Å²) in [7, 11) is -1.71. The van der Waals surface area contributed by atoms with Crippen LogP contribution >= 0.6 is 0 Å². The van der Waals surface area contributed by atoms with E-state index in [0.29, 0.717) is 6.54 Å². The summed E-state index contributed by atoms with van der Waals surface area (Å²) in [6, 6.07) is 17.4. The summed E-state index contributed by atoms with van der Waals surface area (Å²) in [5.41, 5.74) is 3.20. The summed E-state index contributed by atoms with van der Waals surface area (Å²) in [6.45, 7) is 0.567. The van der Waals surface area contributed by atoms with Crippen molar-refractivity contribution in [3.8, 4) is 5.75 Å². The molecule has 0 radical (unpaired) electrons. The van der Waals surface area contributed by atoms with Gasteiger partial charge in [-0.25, -0.2) is 8.42 Å². The molecule has 2 aliphatic rings. The van der Waals surface area contributed by atoms with Crippen LogP contribution in [0.4, 0.5) is 0 Å². The van der Waals surface area contributed by atoms with Gasteiger partial charge in [-0.3, -0.25) is 0 Å². The van der Waals surface area contributed by atoms with E-state index in [0.717, 1.165) is 36.1 Å². The fourth-order valence-corrected chi connectivity index (χ4v) is 6.25. The maximum Gasteiger partial charge on any atom is 0.218 e. The highest BCUT2D eigenvalue weighted by molar-refractivity contribution is 7.88. The number of fused-ring (bicyclic) bond motifs is 1. The number of allylic oxidation sites excluding steroid dienone is 1. The number of hydrogen-bond donors (Lipinski definition) is 0.